The zero-order valence-electron chi connectivity index (χ0n) is 13.1. The number of benzene rings is 1. The van der Waals surface area contributed by atoms with Gasteiger partial charge in [-0.25, -0.2) is 9.18 Å². The highest BCUT2D eigenvalue weighted by molar-refractivity contribution is 6.07. The fourth-order valence-corrected chi connectivity index (χ4v) is 2.00. The lowest BCUT2D eigenvalue weighted by Crippen LogP contribution is -2.51. The number of carbonyl (C=O) groups is 3. The first-order valence-corrected chi connectivity index (χ1v) is 7.16. The minimum absolute atomic E-state index is 0.296. The van der Waals surface area contributed by atoms with Gasteiger partial charge >= 0.3 is 6.03 Å². The molecule has 2 rings (SSSR count). The van der Waals surface area contributed by atoms with Gasteiger partial charge in [-0.05, 0) is 44.5 Å². The summed E-state index contributed by atoms with van der Waals surface area (Å²) in [5, 5.41) is 3.17. The summed E-state index contributed by atoms with van der Waals surface area (Å²) in [5.74, 6) is -1.33. The quantitative estimate of drug-likeness (QED) is 0.801. The van der Waals surface area contributed by atoms with E-state index >= 15 is 0 Å². The summed E-state index contributed by atoms with van der Waals surface area (Å²) in [4.78, 5) is 36.1. The summed E-state index contributed by atoms with van der Waals surface area (Å²) in [5.41, 5.74) is 1.20. The summed E-state index contributed by atoms with van der Waals surface area (Å²) in [7, 11) is 0. The zero-order chi connectivity index (χ0) is 17.2. The van der Waals surface area contributed by atoms with Gasteiger partial charge < -0.3 is 10.1 Å². The number of hydrogen-bond acceptors (Lipinski definition) is 4. The van der Waals surface area contributed by atoms with Crippen molar-refractivity contribution in [3.63, 3.8) is 0 Å². The van der Waals surface area contributed by atoms with Gasteiger partial charge in [-0.15, -0.1) is 0 Å². The van der Waals surface area contributed by atoms with Crippen LogP contribution in [0.25, 0.3) is 0 Å². The van der Waals surface area contributed by atoms with Gasteiger partial charge in [0, 0.05) is 0 Å². The Bertz CT molecular complexity index is 634. The topological polar surface area (TPSA) is 87.7 Å². The molecule has 4 amide bonds. The predicted octanol–water partition coefficient (Wildman–Crippen LogP) is 1.34. The van der Waals surface area contributed by atoms with Gasteiger partial charge in [-0.3, -0.25) is 15.0 Å². The maximum atomic E-state index is 12.8. The van der Waals surface area contributed by atoms with Crippen LogP contribution in [-0.2, 0) is 9.59 Å². The minimum Gasteiger partial charge on any atom is -0.481 e. The molecule has 1 fully saturated rings. The minimum atomic E-state index is -1.04. The second kappa shape index (κ2) is 6.23. The molecule has 0 unspecified atom stereocenters. The largest absolute Gasteiger partial charge is 0.481 e. The van der Waals surface area contributed by atoms with E-state index in [4.69, 9.17) is 4.74 Å². The van der Waals surface area contributed by atoms with Crippen molar-refractivity contribution in [1.82, 2.24) is 15.8 Å². The molecule has 0 aliphatic carbocycles. The van der Waals surface area contributed by atoms with Gasteiger partial charge in [0.15, 0.2) is 6.10 Å². The van der Waals surface area contributed by atoms with Gasteiger partial charge in [-0.2, -0.15) is 5.01 Å². The van der Waals surface area contributed by atoms with E-state index in [1.54, 1.807) is 13.8 Å². The number of amides is 4. The summed E-state index contributed by atoms with van der Waals surface area (Å²) < 4.78 is 18.2. The number of rotatable bonds is 5. The molecule has 2 atom stereocenters. The summed E-state index contributed by atoms with van der Waals surface area (Å²) >= 11 is 0. The number of ether oxygens (including phenoxy) is 1. The molecular weight excluding hydrogens is 305 g/mol. The third kappa shape index (κ3) is 3.41. The molecule has 1 heterocycles. The molecule has 1 aliphatic heterocycles. The fraction of sp³-hybridized carbons (Fsp3) is 0.400. The lowest BCUT2D eigenvalue weighted by atomic mass is 10.00. The fourth-order valence-electron chi connectivity index (χ4n) is 2.00. The van der Waals surface area contributed by atoms with Crippen molar-refractivity contribution in [2.45, 2.75) is 38.8 Å². The first-order chi connectivity index (χ1) is 10.8. The molecule has 8 heteroatoms. The standard InChI is InChI=1S/C15H18FN3O4/c1-4-15(3)13(21)19(14(22)17-15)18-12(20)9(2)23-11-7-5-10(16)6-8-11/h5-9H,4H2,1-3H3,(H,17,22)(H,18,20)/t9-,15+/m1/s1. The molecule has 0 saturated carbocycles. The lowest BCUT2D eigenvalue weighted by Gasteiger charge is -2.21. The third-order valence-corrected chi connectivity index (χ3v) is 3.69. The van der Waals surface area contributed by atoms with Crippen LogP contribution in [0.15, 0.2) is 24.3 Å². The number of nitrogens with one attached hydrogen (secondary N) is 2. The van der Waals surface area contributed by atoms with Gasteiger partial charge in [0.1, 0.15) is 17.1 Å². The van der Waals surface area contributed by atoms with Crippen LogP contribution >= 0.6 is 0 Å². The normalized spacial score (nSPS) is 21.8. The van der Waals surface area contributed by atoms with Crippen molar-refractivity contribution in [3.05, 3.63) is 30.1 Å². The second-order valence-corrected chi connectivity index (χ2v) is 5.45. The van der Waals surface area contributed by atoms with Gasteiger partial charge in [0.05, 0.1) is 0 Å². The van der Waals surface area contributed by atoms with Crippen LogP contribution in [0.2, 0.25) is 0 Å². The monoisotopic (exact) mass is 323 g/mol. The number of urea groups is 1. The SMILES string of the molecule is CC[C@]1(C)NC(=O)N(NC(=O)[C@@H](C)Oc2ccc(F)cc2)C1=O. The second-order valence-electron chi connectivity index (χ2n) is 5.45. The van der Waals surface area contributed by atoms with Crippen molar-refractivity contribution in [3.8, 4) is 5.75 Å². The van der Waals surface area contributed by atoms with E-state index in [0.29, 0.717) is 17.2 Å². The van der Waals surface area contributed by atoms with Crippen molar-refractivity contribution < 1.29 is 23.5 Å². The van der Waals surface area contributed by atoms with Crippen LogP contribution in [0.4, 0.5) is 9.18 Å². The molecule has 124 valence electrons. The van der Waals surface area contributed by atoms with Gasteiger partial charge in [0.25, 0.3) is 11.8 Å². The number of halogens is 1. The Morgan fingerprint density at radius 3 is 2.52 bits per heavy atom. The first kappa shape index (κ1) is 16.7. The number of hydrogen-bond donors (Lipinski definition) is 2. The van der Waals surface area contributed by atoms with E-state index < -0.39 is 35.3 Å². The van der Waals surface area contributed by atoms with Gasteiger partial charge in [0.2, 0.25) is 0 Å². The number of nitrogens with zero attached hydrogens (tertiary/aromatic N) is 1. The first-order valence-electron chi connectivity index (χ1n) is 7.16. The zero-order valence-corrected chi connectivity index (χ0v) is 13.1. The highest BCUT2D eigenvalue weighted by Crippen LogP contribution is 2.19. The number of carbonyl (C=O) groups excluding carboxylic acids is 3. The Hall–Kier alpha value is -2.64. The Morgan fingerprint density at radius 2 is 2.00 bits per heavy atom. The molecule has 0 aromatic heterocycles. The molecule has 7 nitrogen and oxygen atoms in total. The molecule has 23 heavy (non-hydrogen) atoms. The van der Waals surface area contributed by atoms with Crippen LogP contribution in [0.5, 0.6) is 5.75 Å². The van der Waals surface area contributed by atoms with Crippen LogP contribution < -0.4 is 15.5 Å². The number of imide groups is 1. The van der Waals surface area contributed by atoms with E-state index in [1.165, 1.54) is 31.2 Å². The van der Waals surface area contributed by atoms with Crippen LogP contribution in [0.3, 0.4) is 0 Å². The molecular formula is C15H18FN3O4. The molecule has 1 aliphatic rings. The molecule has 0 bridgehead atoms. The maximum Gasteiger partial charge on any atom is 0.344 e. The summed E-state index contributed by atoms with van der Waals surface area (Å²) in [6.45, 7) is 4.79. The lowest BCUT2D eigenvalue weighted by molar-refractivity contribution is -0.141. The van der Waals surface area contributed by atoms with Crippen LogP contribution in [-0.4, -0.2) is 34.5 Å². The van der Waals surface area contributed by atoms with Crippen molar-refractivity contribution in [2.75, 3.05) is 0 Å². The van der Waals surface area contributed by atoms with E-state index in [-0.39, 0.29) is 0 Å². The van der Waals surface area contributed by atoms with Crippen molar-refractivity contribution >= 4 is 17.8 Å². The molecule has 1 aromatic carbocycles. The average Bonchev–Trinajstić information content (AvgIpc) is 2.73. The third-order valence-electron chi connectivity index (χ3n) is 3.69. The molecule has 2 N–H and O–H groups in total. The highest BCUT2D eigenvalue weighted by atomic mass is 19.1. The average molecular weight is 323 g/mol. The van der Waals surface area contributed by atoms with Gasteiger partial charge in [-0.1, -0.05) is 6.92 Å². The Balaban J connectivity index is 2.00. The maximum absolute atomic E-state index is 12.8. The molecule has 0 radical (unpaired) electrons. The summed E-state index contributed by atoms with van der Waals surface area (Å²) in [6, 6.07) is 4.46. The summed E-state index contributed by atoms with van der Waals surface area (Å²) in [6.07, 6.45) is -0.583. The molecule has 1 saturated heterocycles. The van der Waals surface area contributed by atoms with E-state index in [9.17, 15) is 18.8 Å². The van der Waals surface area contributed by atoms with Crippen LogP contribution in [0.1, 0.15) is 27.2 Å². The Morgan fingerprint density at radius 1 is 1.39 bits per heavy atom. The van der Waals surface area contributed by atoms with E-state index in [0.717, 1.165) is 0 Å². The Labute approximate surface area is 132 Å². The Kier molecular flexibility index (Phi) is 4.53. The predicted molar refractivity (Wildman–Crippen MR) is 78.7 cm³/mol. The molecule has 0 spiro atoms. The highest BCUT2D eigenvalue weighted by Gasteiger charge is 2.47. The smallest absolute Gasteiger partial charge is 0.344 e. The molecule has 1 aromatic rings. The number of hydrazine groups is 1. The van der Waals surface area contributed by atoms with E-state index in [2.05, 4.69) is 10.7 Å². The van der Waals surface area contributed by atoms with Crippen molar-refractivity contribution in [2.24, 2.45) is 0 Å². The van der Waals surface area contributed by atoms with E-state index in [1.807, 2.05) is 0 Å². The van der Waals surface area contributed by atoms with Crippen LogP contribution in [0, 0.1) is 5.82 Å². The van der Waals surface area contributed by atoms with Crippen molar-refractivity contribution in [1.29, 1.82) is 0 Å².